The molecule has 40 heavy (non-hydrogen) atoms. The first-order valence-electron chi connectivity index (χ1n) is 12.6. The lowest BCUT2D eigenvalue weighted by molar-refractivity contribution is -0.143. The fraction of sp³-hybridized carbons (Fsp3) is 0.310. The Kier molecular flexibility index (Phi) is 9.26. The number of rotatable bonds is 9. The van der Waals surface area contributed by atoms with Gasteiger partial charge in [0.15, 0.2) is 22.9 Å². The number of halogens is 1. The second-order valence-electron chi connectivity index (χ2n) is 8.81. The number of carbonyl (C=O) groups is 2. The molecule has 0 saturated carbocycles. The number of hydrogen-bond donors (Lipinski definition) is 0. The summed E-state index contributed by atoms with van der Waals surface area (Å²) in [4.78, 5) is 43.8. The third-order valence-corrected chi connectivity index (χ3v) is 8.00. The van der Waals surface area contributed by atoms with Gasteiger partial charge >= 0.3 is 11.9 Å². The Bertz CT molecular complexity index is 1670. The van der Waals surface area contributed by atoms with Crippen LogP contribution in [0.2, 0.25) is 0 Å². The zero-order valence-electron chi connectivity index (χ0n) is 22.8. The first-order chi connectivity index (χ1) is 19.2. The Morgan fingerprint density at radius 2 is 1.85 bits per heavy atom. The van der Waals surface area contributed by atoms with Crippen LogP contribution in [0.15, 0.2) is 61.9 Å². The lowest BCUT2D eigenvalue weighted by atomic mass is 9.95. The highest BCUT2D eigenvalue weighted by atomic mass is 79.9. The van der Waals surface area contributed by atoms with Crippen molar-refractivity contribution < 1.29 is 28.5 Å². The van der Waals surface area contributed by atoms with Crippen molar-refractivity contribution in [2.24, 2.45) is 4.99 Å². The quantitative estimate of drug-likeness (QED) is 0.332. The van der Waals surface area contributed by atoms with E-state index in [0.717, 1.165) is 15.6 Å². The van der Waals surface area contributed by atoms with E-state index in [9.17, 15) is 14.4 Å². The van der Waals surface area contributed by atoms with E-state index in [0.29, 0.717) is 38.7 Å². The highest BCUT2D eigenvalue weighted by molar-refractivity contribution is 9.10. The molecule has 0 N–H and O–H groups in total. The van der Waals surface area contributed by atoms with Gasteiger partial charge in [-0.15, -0.1) is 0 Å². The Morgan fingerprint density at radius 3 is 2.52 bits per heavy atom. The van der Waals surface area contributed by atoms with Crippen molar-refractivity contribution in [3.05, 3.63) is 88.5 Å². The summed E-state index contributed by atoms with van der Waals surface area (Å²) in [7, 11) is 1.28. The SMILES string of the molecule is CCOC(=O)C1=C(C)N=c2s/c(=C/c3ccc(C)c(Br)c3)c(=O)n2[C@@H]1c1ccc(OCC(=O)OC)c(OCC)c1. The second kappa shape index (κ2) is 12.6. The van der Waals surface area contributed by atoms with E-state index in [-0.39, 0.29) is 24.3 Å². The summed E-state index contributed by atoms with van der Waals surface area (Å²) in [6.07, 6.45) is 1.81. The summed E-state index contributed by atoms with van der Waals surface area (Å²) in [5.74, 6) is -0.419. The molecule has 0 spiro atoms. The van der Waals surface area contributed by atoms with E-state index in [2.05, 4.69) is 25.7 Å². The molecule has 1 aliphatic heterocycles. The highest BCUT2D eigenvalue weighted by Crippen LogP contribution is 2.36. The van der Waals surface area contributed by atoms with Gasteiger partial charge in [-0.3, -0.25) is 9.36 Å². The second-order valence-corrected chi connectivity index (χ2v) is 10.7. The number of esters is 2. The van der Waals surface area contributed by atoms with E-state index in [4.69, 9.17) is 14.2 Å². The number of aromatic nitrogens is 1. The van der Waals surface area contributed by atoms with Crippen LogP contribution in [0.1, 0.15) is 43.5 Å². The molecule has 1 aliphatic rings. The average molecular weight is 630 g/mol. The minimum absolute atomic E-state index is 0.166. The monoisotopic (exact) mass is 628 g/mol. The molecule has 11 heteroatoms. The maximum absolute atomic E-state index is 13.9. The molecule has 0 amide bonds. The van der Waals surface area contributed by atoms with Crippen molar-refractivity contribution in [3.8, 4) is 11.5 Å². The zero-order valence-corrected chi connectivity index (χ0v) is 25.2. The molecule has 210 valence electrons. The lowest BCUT2D eigenvalue weighted by Gasteiger charge is -2.25. The van der Waals surface area contributed by atoms with Gasteiger partial charge < -0.3 is 18.9 Å². The highest BCUT2D eigenvalue weighted by Gasteiger charge is 2.34. The molecule has 0 radical (unpaired) electrons. The van der Waals surface area contributed by atoms with Crippen LogP contribution in [0.5, 0.6) is 11.5 Å². The van der Waals surface area contributed by atoms with E-state index < -0.39 is 18.0 Å². The average Bonchev–Trinajstić information content (AvgIpc) is 3.23. The Labute approximate surface area is 243 Å². The fourth-order valence-corrected chi connectivity index (χ4v) is 5.68. The van der Waals surface area contributed by atoms with Crippen molar-refractivity contribution in [1.29, 1.82) is 0 Å². The van der Waals surface area contributed by atoms with Gasteiger partial charge in [0.25, 0.3) is 5.56 Å². The number of nitrogens with zero attached hydrogens (tertiary/aromatic N) is 2. The molecule has 0 bridgehead atoms. The summed E-state index contributed by atoms with van der Waals surface area (Å²) in [6.45, 7) is 7.45. The summed E-state index contributed by atoms with van der Waals surface area (Å²) < 4.78 is 24.4. The molecule has 2 heterocycles. The number of aryl methyl sites for hydroxylation is 1. The van der Waals surface area contributed by atoms with Gasteiger partial charge in [0.1, 0.15) is 0 Å². The third-order valence-electron chi connectivity index (χ3n) is 6.17. The Morgan fingerprint density at radius 1 is 1.07 bits per heavy atom. The molecule has 2 aromatic carbocycles. The Balaban J connectivity index is 1.90. The molecule has 0 unspecified atom stereocenters. The van der Waals surface area contributed by atoms with Crippen LogP contribution in [0.25, 0.3) is 6.08 Å². The number of ether oxygens (including phenoxy) is 4. The Hall–Kier alpha value is -3.70. The molecule has 0 saturated heterocycles. The zero-order chi connectivity index (χ0) is 29.0. The number of benzene rings is 2. The van der Waals surface area contributed by atoms with Crippen LogP contribution in [0.3, 0.4) is 0 Å². The largest absolute Gasteiger partial charge is 0.490 e. The standard InChI is InChI=1S/C29H29BrN2O7S/c1-6-37-22-14-19(10-11-21(22)39-15-24(33)36-5)26-25(28(35)38-7-2)17(4)31-29-32(26)27(34)23(40-29)13-18-9-8-16(3)20(30)12-18/h8-14,26H,6-7,15H2,1-5H3/b23-13+/t26-/m1/s1. The van der Waals surface area contributed by atoms with Gasteiger partial charge in [-0.2, -0.15) is 0 Å². The number of fused-ring (bicyclic) bond motifs is 1. The van der Waals surface area contributed by atoms with Gasteiger partial charge in [0.05, 0.1) is 42.2 Å². The van der Waals surface area contributed by atoms with Gasteiger partial charge in [-0.25, -0.2) is 14.6 Å². The predicted molar refractivity (Wildman–Crippen MR) is 154 cm³/mol. The summed E-state index contributed by atoms with van der Waals surface area (Å²) >= 11 is 4.79. The third kappa shape index (κ3) is 6.05. The first kappa shape index (κ1) is 29.3. The molecule has 1 aromatic heterocycles. The van der Waals surface area contributed by atoms with Crippen LogP contribution in [-0.2, 0) is 19.1 Å². The lowest BCUT2D eigenvalue weighted by Crippen LogP contribution is -2.40. The maximum atomic E-state index is 13.9. The van der Waals surface area contributed by atoms with E-state index in [1.165, 1.54) is 23.0 Å². The number of allylic oxidation sites excluding steroid dienone is 1. The molecule has 0 aliphatic carbocycles. The smallest absolute Gasteiger partial charge is 0.343 e. The summed E-state index contributed by atoms with van der Waals surface area (Å²) in [5, 5.41) is 0. The number of carbonyl (C=O) groups excluding carboxylic acids is 2. The molecular weight excluding hydrogens is 600 g/mol. The topological polar surface area (TPSA) is 105 Å². The minimum Gasteiger partial charge on any atom is -0.490 e. The normalized spacial score (nSPS) is 14.8. The van der Waals surface area contributed by atoms with Crippen LogP contribution >= 0.6 is 27.3 Å². The van der Waals surface area contributed by atoms with E-state index in [1.807, 2.05) is 38.1 Å². The molecular formula is C29H29BrN2O7S. The van der Waals surface area contributed by atoms with E-state index >= 15 is 0 Å². The fourth-order valence-electron chi connectivity index (χ4n) is 4.24. The van der Waals surface area contributed by atoms with Crippen LogP contribution in [0.4, 0.5) is 0 Å². The minimum atomic E-state index is -0.823. The van der Waals surface area contributed by atoms with Gasteiger partial charge in [0, 0.05) is 4.47 Å². The van der Waals surface area contributed by atoms with E-state index in [1.54, 1.807) is 32.0 Å². The van der Waals surface area contributed by atoms with Crippen molar-refractivity contribution in [2.75, 3.05) is 26.9 Å². The van der Waals surface area contributed by atoms with Gasteiger partial charge in [-0.05, 0) is 68.7 Å². The number of thiazole rings is 1. The molecule has 9 nitrogen and oxygen atoms in total. The summed E-state index contributed by atoms with van der Waals surface area (Å²) in [6, 6.07) is 10.1. The van der Waals surface area contributed by atoms with Crippen molar-refractivity contribution in [3.63, 3.8) is 0 Å². The molecule has 3 aromatic rings. The van der Waals surface area contributed by atoms with Crippen LogP contribution < -0.4 is 24.4 Å². The van der Waals surface area contributed by atoms with Crippen molar-refractivity contribution in [2.45, 2.75) is 33.7 Å². The molecule has 4 rings (SSSR count). The number of hydrogen-bond acceptors (Lipinski definition) is 9. The van der Waals surface area contributed by atoms with Gasteiger partial charge in [0.2, 0.25) is 0 Å². The van der Waals surface area contributed by atoms with Crippen molar-refractivity contribution >= 4 is 45.3 Å². The molecule has 0 fully saturated rings. The first-order valence-corrected chi connectivity index (χ1v) is 14.2. The van der Waals surface area contributed by atoms with Crippen LogP contribution in [0, 0.1) is 6.92 Å². The maximum Gasteiger partial charge on any atom is 0.343 e. The van der Waals surface area contributed by atoms with Crippen molar-refractivity contribution in [1.82, 2.24) is 4.57 Å². The molecule has 1 atom stereocenters. The van der Waals surface area contributed by atoms with Crippen LogP contribution in [-0.4, -0.2) is 43.4 Å². The number of methoxy groups -OCH3 is 1. The summed E-state index contributed by atoms with van der Waals surface area (Å²) in [5.41, 5.74) is 2.95. The van der Waals surface area contributed by atoms with Gasteiger partial charge in [-0.1, -0.05) is 45.5 Å². The predicted octanol–water partition coefficient (Wildman–Crippen LogP) is 3.82.